The maximum atomic E-state index is 14.0. The lowest BCUT2D eigenvalue weighted by Crippen LogP contribution is -2.49. The molecule has 7 nitrogen and oxygen atoms in total. The number of nitrogens with zero attached hydrogens (tertiary/aromatic N) is 2. The maximum Gasteiger partial charge on any atom is 0.335 e. The zero-order valence-electron chi connectivity index (χ0n) is 20.3. The molecule has 0 saturated carbocycles. The Morgan fingerprint density at radius 3 is 2.14 bits per heavy atom. The normalized spacial score (nSPS) is 18.7. The zero-order valence-corrected chi connectivity index (χ0v) is 23.5. The number of carbonyl (C=O) groups is 3. The van der Waals surface area contributed by atoms with E-state index in [1.54, 1.807) is 17.0 Å². The average molecular weight is 619 g/mol. The van der Waals surface area contributed by atoms with Gasteiger partial charge >= 0.3 is 12.0 Å². The summed E-state index contributed by atoms with van der Waals surface area (Å²) in [6.45, 7) is 5.44. The number of likely N-dealkylation sites (tertiary alicyclic amines) is 1. The van der Waals surface area contributed by atoms with Crippen LogP contribution in [0.3, 0.4) is 0 Å². The lowest BCUT2D eigenvalue weighted by molar-refractivity contribution is -0.127. The number of carbonyl (C=O) groups excluding carboxylic acids is 2. The van der Waals surface area contributed by atoms with Crippen LogP contribution in [-0.2, 0) is 11.3 Å². The smallest absolute Gasteiger partial charge is 0.335 e. The first-order valence-corrected chi connectivity index (χ1v) is 13.6. The standard InChI is InChI=1S/C27H29Br2N3O4/c1-16-21(28)13-20(14-22(16)29)24-23(25(33)31-11-5-3-4-6-12-31)17(2)32(27(36)30-24)15-18-7-9-19(10-8-18)26(34)35/h7-10,13-14,24H,3-6,11-12,15H2,1-2H3,(H,30,36)(H,34,35). The monoisotopic (exact) mass is 617 g/mol. The topological polar surface area (TPSA) is 90.0 Å². The summed E-state index contributed by atoms with van der Waals surface area (Å²) in [5, 5.41) is 12.3. The number of rotatable bonds is 5. The van der Waals surface area contributed by atoms with Crippen LogP contribution in [0.15, 0.2) is 56.6 Å². The molecule has 3 amide bonds. The van der Waals surface area contributed by atoms with E-state index in [2.05, 4.69) is 37.2 Å². The van der Waals surface area contributed by atoms with E-state index in [4.69, 9.17) is 0 Å². The molecule has 0 bridgehead atoms. The van der Waals surface area contributed by atoms with Crippen molar-refractivity contribution in [2.24, 2.45) is 0 Å². The molecular weight excluding hydrogens is 590 g/mol. The average Bonchev–Trinajstić information content (AvgIpc) is 3.14. The molecule has 1 fully saturated rings. The number of halogens is 2. The summed E-state index contributed by atoms with van der Waals surface area (Å²) < 4.78 is 1.78. The van der Waals surface area contributed by atoms with Crippen LogP contribution in [0.2, 0.25) is 0 Å². The summed E-state index contributed by atoms with van der Waals surface area (Å²) in [6, 6.07) is 9.44. The summed E-state index contributed by atoms with van der Waals surface area (Å²) in [4.78, 5) is 42.0. The van der Waals surface area contributed by atoms with E-state index in [-0.39, 0.29) is 24.0 Å². The second-order valence-corrected chi connectivity index (χ2v) is 11.0. The summed E-state index contributed by atoms with van der Waals surface area (Å²) in [5.74, 6) is -1.06. The molecule has 36 heavy (non-hydrogen) atoms. The molecule has 0 spiro atoms. The van der Waals surface area contributed by atoms with Crippen LogP contribution in [-0.4, -0.2) is 45.9 Å². The number of carboxylic acid groups (broad SMARTS) is 1. The number of amides is 3. The molecule has 9 heteroatoms. The highest BCUT2D eigenvalue weighted by Gasteiger charge is 2.38. The van der Waals surface area contributed by atoms with E-state index in [1.807, 2.05) is 30.9 Å². The lowest BCUT2D eigenvalue weighted by Gasteiger charge is -2.37. The molecular formula is C27H29Br2N3O4. The largest absolute Gasteiger partial charge is 0.478 e. The molecule has 2 heterocycles. The molecule has 1 unspecified atom stereocenters. The van der Waals surface area contributed by atoms with Crippen LogP contribution in [0.4, 0.5) is 4.79 Å². The summed E-state index contributed by atoms with van der Waals surface area (Å²) in [7, 11) is 0. The van der Waals surface area contributed by atoms with Crippen molar-refractivity contribution in [1.82, 2.24) is 15.1 Å². The molecule has 1 atom stereocenters. The molecule has 0 aliphatic carbocycles. The quantitative estimate of drug-likeness (QED) is 0.420. The van der Waals surface area contributed by atoms with Gasteiger partial charge in [-0.3, -0.25) is 9.69 Å². The highest BCUT2D eigenvalue weighted by molar-refractivity contribution is 9.11. The Hall–Kier alpha value is -2.65. The fourth-order valence-corrected chi connectivity index (χ4v) is 5.93. The van der Waals surface area contributed by atoms with Crippen molar-refractivity contribution in [3.8, 4) is 0 Å². The van der Waals surface area contributed by atoms with Gasteiger partial charge in [-0.2, -0.15) is 0 Å². The van der Waals surface area contributed by atoms with E-state index in [1.165, 1.54) is 12.1 Å². The minimum Gasteiger partial charge on any atom is -0.478 e. The summed E-state index contributed by atoms with van der Waals surface area (Å²) in [6.07, 6.45) is 4.16. The Bertz CT molecular complexity index is 1200. The number of nitrogens with one attached hydrogen (secondary N) is 1. The van der Waals surface area contributed by atoms with Crippen molar-refractivity contribution in [2.45, 2.75) is 52.1 Å². The van der Waals surface area contributed by atoms with Crippen molar-refractivity contribution in [2.75, 3.05) is 13.1 Å². The molecule has 2 N–H and O–H groups in total. The molecule has 190 valence electrons. The van der Waals surface area contributed by atoms with E-state index in [0.717, 1.165) is 51.3 Å². The number of aromatic carboxylic acids is 1. The number of benzene rings is 2. The molecule has 2 aliphatic heterocycles. The third kappa shape index (κ3) is 5.52. The number of hydrogen-bond donors (Lipinski definition) is 2. The van der Waals surface area contributed by atoms with Crippen molar-refractivity contribution < 1.29 is 19.5 Å². The number of carboxylic acids is 1. The fourth-order valence-electron chi connectivity index (χ4n) is 4.71. The molecule has 2 aliphatic rings. The van der Waals surface area contributed by atoms with Gasteiger partial charge in [-0.15, -0.1) is 0 Å². The van der Waals surface area contributed by atoms with Gasteiger partial charge < -0.3 is 15.3 Å². The van der Waals surface area contributed by atoms with Crippen LogP contribution < -0.4 is 5.32 Å². The highest BCUT2D eigenvalue weighted by Crippen LogP contribution is 2.37. The summed E-state index contributed by atoms with van der Waals surface area (Å²) in [5.41, 5.74) is 3.97. The van der Waals surface area contributed by atoms with Crippen molar-refractivity contribution in [3.63, 3.8) is 0 Å². The Morgan fingerprint density at radius 1 is 1.00 bits per heavy atom. The second kappa shape index (κ2) is 11.2. The summed E-state index contributed by atoms with van der Waals surface area (Å²) >= 11 is 7.21. The van der Waals surface area contributed by atoms with Gasteiger partial charge in [0.05, 0.1) is 23.7 Å². The third-order valence-corrected chi connectivity index (χ3v) is 8.55. The van der Waals surface area contributed by atoms with Gasteiger partial charge in [0.15, 0.2) is 0 Å². The van der Waals surface area contributed by atoms with Gasteiger partial charge in [0.25, 0.3) is 5.91 Å². The lowest BCUT2D eigenvalue weighted by atomic mass is 9.93. The van der Waals surface area contributed by atoms with Crippen LogP contribution >= 0.6 is 31.9 Å². The van der Waals surface area contributed by atoms with E-state index in [0.29, 0.717) is 24.4 Å². The minimum absolute atomic E-state index is 0.0570. The van der Waals surface area contributed by atoms with Gasteiger partial charge in [0.2, 0.25) is 0 Å². The molecule has 4 rings (SSSR count). The minimum atomic E-state index is -1.00. The van der Waals surface area contributed by atoms with Gasteiger partial charge in [-0.05, 0) is 67.6 Å². The molecule has 2 aromatic rings. The maximum absolute atomic E-state index is 14.0. The van der Waals surface area contributed by atoms with Crippen LogP contribution in [0, 0.1) is 6.92 Å². The van der Waals surface area contributed by atoms with E-state index < -0.39 is 12.0 Å². The van der Waals surface area contributed by atoms with Crippen LogP contribution in [0.25, 0.3) is 0 Å². The molecule has 0 radical (unpaired) electrons. The highest BCUT2D eigenvalue weighted by atomic mass is 79.9. The number of allylic oxidation sites excluding steroid dienone is 1. The second-order valence-electron chi connectivity index (χ2n) is 9.29. The Morgan fingerprint density at radius 2 is 1.58 bits per heavy atom. The Labute approximate surface area is 227 Å². The van der Waals surface area contributed by atoms with Crippen LogP contribution in [0.5, 0.6) is 0 Å². The van der Waals surface area contributed by atoms with Gasteiger partial charge in [-0.1, -0.05) is 56.8 Å². The Kier molecular flexibility index (Phi) is 8.20. The predicted octanol–water partition coefficient (Wildman–Crippen LogP) is 6.16. The third-order valence-electron chi connectivity index (χ3n) is 6.90. The van der Waals surface area contributed by atoms with Gasteiger partial charge in [0.1, 0.15) is 0 Å². The zero-order chi connectivity index (χ0) is 26.0. The van der Waals surface area contributed by atoms with Crippen molar-refractivity contribution in [1.29, 1.82) is 0 Å². The van der Waals surface area contributed by atoms with Crippen LogP contribution in [0.1, 0.15) is 65.7 Å². The first kappa shape index (κ1) is 26.4. The van der Waals surface area contributed by atoms with Crippen molar-refractivity contribution in [3.05, 3.63) is 78.9 Å². The first-order chi connectivity index (χ1) is 17.2. The fraction of sp³-hybridized carbons (Fsp3) is 0.370. The number of urea groups is 1. The van der Waals surface area contributed by atoms with E-state index >= 15 is 0 Å². The van der Waals surface area contributed by atoms with Crippen molar-refractivity contribution >= 4 is 49.8 Å². The molecule has 1 saturated heterocycles. The molecule has 2 aromatic carbocycles. The number of hydrogen-bond acceptors (Lipinski definition) is 3. The van der Waals surface area contributed by atoms with Gasteiger partial charge in [-0.25, -0.2) is 9.59 Å². The van der Waals surface area contributed by atoms with E-state index in [9.17, 15) is 19.5 Å². The molecule has 0 aromatic heterocycles. The first-order valence-electron chi connectivity index (χ1n) is 12.0. The van der Waals surface area contributed by atoms with Gasteiger partial charge in [0, 0.05) is 27.7 Å². The predicted molar refractivity (Wildman–Crippen MR) is 145 cm³/mol. The Balaban J connectivity index is 1.75. The SMILES string of the molecule is CC1=C(C(=O)N2CCCCCC2)C(c2cc(Br)c(C)c(Br)c2)NC(=O)N1Cc1ccc(C(=O)O)cc1.